The Kier molecular flexibility index (Phi) is 5.31. The lowest BCUT2D eigenvalue weighted by Gasteiger charge is -2.08. The summed E-state index contributed by atoms with van der Waals surface area (Å²) in [5, 5.41) is 4.40. The van der Waals surface area contributed by atoms with Crippen molar-refractivity contribution in [3.8, 4) is 22.9 Å². The average Bonchev–Trinajstić information content (AvgIpc) is 3.26. The molecular formula is C22H21N3O3S. The minimum atomic E-state index is -0.177. The van der Waals surface area contributed by atoms with Gasteiger partial charge in [0.25, 0.3) is 5.56 Å². The maximum absolute atomic E-state index is 12.7. The van der Waals surface area contributed by atoms with E-state index in [0.717, 1.165) is 22.6 Å². The van der Waals surface area contributed by atoms with Gasteiger partial charge in [-0.1, -0.05) is 37.3 Å². The highest BCUT2D eigenvalue weighted by molar-refractivity contribution is 7.15. The molecule has 4 aromatic rings. The van der Waals surface area contributed by atoms with E-state index in [0.29, 0.717) is 27.8 Å². The smallest absolute Gasteiger partial charge is 0.291 e. The third-order valence-corrected chi connectivity index (χ3v) is 5.23. The van der Waals surface area contributed by atoms with Crippen LogP contribution in [-0.2, 0) is 0 Å². The van der Waals surface area contributed by atoms with Gasteiger partial charge in [0.2, 0.25) is 4.96 Å². The molecule has 0 saturated heterocycles. The van der Waals surface area contributed by atoms with Gasteiger partial charge in [0, 0.05) is 5.56 Å². The molecule has 6 nitrogen and oxygen atoms in total. The number of nitrogens with zero attached hydrogens (tertiary/aromatic N) is 3. The Balaban J connectivity index is 1.63. The molecule has 0 bridgehead atoms. The number of thiazole rings is 1. The van der Waals surface area contributed by atoms with Crippen LogP contribution in [0.3, 0.4) is 0 Å². The van der Waals surface area contributed by atoms with Gasteiger partial charge < -0.3 is 9.47 Å². The monoisotopic (exact) mass is 407 g/mol. The molecule has 148 valence electrons. The molecule has 2 aromatic heterocycles. The van der Waals surface area contributed by atoms with Crippen molar-refractivity contribution in [2.24, 2.45) is 5.92 Å². The van der Waals surface area contributed by atoms with Gasteiger partial charge in [-0.15, -0.1) is 5.10 Å². The topological polar surface area (TPSA) is 65.7 Å². The maximum atomic E-state index is 12.7. The van der Waals surface area contributed by atoms with Gasteiger partial charge in [-0.25, -0.2) is 0 Å². The molecule has 0 saturated carbocycles. The van der Waals surface area contributed by atoms with E-state index in [2.05, 4.69) is 23.9 Å². The Bertz CT molecular complexity index is 1240. The van der Waals surface area contributed by atoms with Gasteiger partial charge in [0.15, 0.2) is 5.82 Å². The number of methoxy groups -OCH3 is 1. The van der Waals surface area contributed by atoms with Gasteiger partial charge in [-0.3, -0.25) is 4.79 Å². The first-order valence-corrected chi connectivity index (χ1v) is 10.1. The highest BCUT2D eigenvalue weighted by Gasteiger charge is 2.12. The van der Waals surface area contributed by atoms with Crippen molar-refractivity contribution in [1.29, 1.82) is 0 Å². The summed E-state index contributed by atoms with van der Waals surface area (Å²) in [5.74, 6) is 2.54. The molecule has 0 aliphatic heterocycles. The second kappa shape index (κ2) is 8.05. The van der Waals surface area contributed by atoms with Gasteiger partial charge in [-0.05, 0) is 54.0 Å². The molecule has 0 aliphatic rings. The van der Waals surface area contributed by atoms with Crippen LogP contribution in [0.5, 0.6) is 11.5 Å². The lowest BCUT2D eigenvalue weighted by Crippen LogP contribution is -2.23. The molecule has 0 atom stereocenters. The highest BCUT2D eigenvalue weighted by Crippen LogP contribution is 2.21. The summed E-state index contributed by atoms with van der Waals surface area (Å²) < 4.78 is 12.9. The Morgan fingerprint density at radius 2 is 1.93 bits per heavy atom. The van der Waals surface area contributed by atoms with Crippen molar-refractivity contribution < 1.29 is 9.47 Å². The lowest BCUT2D eigenvalue weighted by atomic mass is 10.2. The van der Waals surface area contributed by atoms with E-state index in [9.17, 15) is 4.79 Å². The second-order valence-corrected chi connectivity index (χ2v) is 8.06. The van der Waals surface area contributed by atoms with Crippen LogP contribution in [0, 0.1) is 5.92 Å². The first kappa shape index (κ1) is 19.1. The van der Waals surface area contributed by atoms with Crippen LogP contribution in [0.2, 0.25) is 0 Å². The Morgan fingerprint density at radius 1 is 1.14 bits per heavy atom. The van der Waals surface area contributed by atoms with E-state index in [1.54, 1.807) is 7.11 Å². The second-order valence-electron chi connectivity index (χ2n) is 7.05. The molecule has 4 rings (SSSR count). The number of aromatic nitrogens is 3. The van der Waals surface area contributed by atoms with Crippen molar-refractivity contribution in [3.63, 3.8) is 0 Å². The van der Waals surface area contributed by atoms with E-state index in [1.807, 2.05) is 54.6 Å². The first-order valence-electron chi connectivity index (χ1n) is 9.32. The summed E-state index contributed by atoms with van der Waals surface area (Å²) in [6.45, 7) is 4.89. The van der Waals surface area contributed by atoms with Crippen molar-refractivity contribution >= 4 is 22.4 Å². The van der Waals surface area contributed by atoms with Crippen molar-refractivity contribution in [3.05, 3.63) is 69.0 Å². The van der Waals surface area contributed by atoms with Crippen LogP contribution in [-0.4, -0.2) is 28.3 Å². The molecule has 0 aliphatic carbocycles. The number of hydrogen-bond acceptors (Lipinski definition) is 6. The number of rotatable bonds is 6. The molecule has 29 heavy (non-hydrogen) atoms. The molecule has 0 radical (unpaired) electrons. The summed E-state index contributed by atoms with van der Waals surface area (Å²) >= 11 is 1.32. The predicted molar refractivity (Wildman–Crippen MR) is 115 cm³/mol. The zero-order valence-electron chi connectivity index (χ0n) is 16.5. The number of benzene rings is 2. The molecule has 0 fully saturated rings. The predicted octanol–water partition coefficient (Wildman–Crippen LogP) is 3.41. The van der Waals surface area contributed by atoms with Gasteiger partial charge >= 0.3 is 0 Å². The third kappa shape index (κ3) is 4.14. The molecule has 2 aromatic carbocycles. The number of fused-ring (bicyclic) bond motifs is 1. The summed E-state index contributed by atoms with van der Waals surface area (Å²) in [4.78, 5) is 17.8. The Hall–Kier alpha value is -3.19. The van der Waals surface area contributed by atoms with Crippen LogP contribution in [0.1, 0.15) is 19.4 Å². The van der Waals surface area contributed by atoms with Gasteiger partial charge in [-0.2, -0.15) is 9.50 Å². The van der Waals surface area contributed by atoms with Crippen LogP contribution in [0.25, 0.3) is 22.4 Å². The van der Waals surface area contributed by atoms with Crippen molar-refractivity contribution in [1.82, 2.24) is 14.6 Å². The van der Waals surface area contributed by atoms with E-state index in [-0.39, 0.29) is 5.56 Å². The van der Waals surface area contributed by atoms with E-state index >= 15 is 0 Å². The number of hydrogen-bond donors (Lipinski definition) is 0. The van der Waals surface area contributed by atoms with E-state index in [1.165, 1.54) is 15.9 Å². The molecule has 0 amide bonds. The summed E-state index contributed by atoms with van der Waals surface area (Å²) in [6, 6.07) is 15.2. The van der Waals surface area contributed by atoms with Crippen LogP contribution < -0.4 is 19.6 Å². The van der Waals surface area contributed by atoms with Crippen LogP contribution >= 0.6 is 11.3 Å². The largest absolute Gasteiger partial charge is 0.497 e. The summed E-state index contributed by atoms with van der Waals surface area (Å²) in [7, 11) is 1.62. The normalized spacial score (nSPS) is 12.1. The third-order valence-electron chi connectivity index (χ3n) is 4.27. The van der Waals surface area contributed by atoms with Crippen molar-refractivity contribution in [2.75, 3.05) is 13.7 Å². The fourth-order valence-electron chi connectivity index (χ4n) is 2.80. The standard InChI is InChI=1S/C22H21N3O3S/c1-14(2)13-28-17-9-7-16(8-10-17)20-23-22-25(24-20)21(26)19(29-22)12-15-5-4-6-18(11-15)27-3/h4-12,14H,13H2,1-3H3/b19-12+. The Labute approximate surface area is 172 Å². The molecule has 0 spiro atoms. The van der Waals surface area contributed by atoms with Crippen LogP contribution in [0.4, 0.5) is 0 Å². The summed E-state index contributed by atoms with van der Waals surface area (Å²) in [5.41, 5.74) is 1.56. The lowest BCUT2D eigenvalue weighted by molar-refractivity contribution is 0.271. The fraction of sp³-hybridized carbons (Fsp3) is 0.227. The fourth-order valence-corrected chi connectivity index (χ4v) is 3.71. The maximum Gasteiger partial charge on any atom is 0.291 e. The minimum Gasteiger partial charge on any atom is -0.497 e. The van der Waals surface area contributed by atoms with Gasteiger partial charge in [0.1, 0.15) is 11.5 Å². The molecule has 0 unspecified atom stereocenters. The van der Waals surface area contributed by atoms with Crippen molar-refractivity contribution in [2.45, 2.75) is 13.8 Å². The SMILES string of the molecule is COc1cccc(/C=c2/sc3nc(-c4ccc(OCC(C)C)cc4)nn3c2=O)c1. The van der Waals surface area contributed by atoms with Crippen LogP contribution in [0.15, 0.2) is 53.3 Å². The quantitative estimate of drug-likeness (QED) is 0.490. The number of ether oxygens (including phenoxy) is 2. The molecule has 7 heteroatoms. The first-order chi connectivity index (χ1) is 14.0. The summed E-state index contributed by atoms with van der Waals surface area (Å²) in [6.07, 6.45) is 1.83. The van der Waals surface area contributed by atoms with E-state index in [4.69, 9.17) is 9.47 Å². The minimum absolute atomic E-state index is 0.177. The zero-order chi connectivity index (χ0) is 20.4. The van der Waals surface area contributed by atoms with E-state index < -0.39 is 0 Å². The molecule has 0 N–H and O–H groups in total. The Morgan fingerprint density at radius 3 is 2.62 bits per heavy atom. The molecule has 2 heterocycles. The highest BCUT2D eigenvalue weighted by atomic mass is 32.1. The average molecular weight is 407 g/mol. The van der Waals surface area contributed by atoms with Gasteiger partial charge in [0.05, 0.1) is 18.2 Å². The molecular weight excluding hydrogens is 386 g/mol. The zero-order valence-corrected chi connectivity index (χ0v) is 17.3.